The maximum absolute atomic E-state index is 11.8. The molecule has 0 aliphatic heterocycles. The van der Waals surface area contributed by atoms with E-state index in [1.807, 2.05) is 34.9 Å². The third-order valence-electron chi connectivity index (χ3n) is 2.94. The minimum absolute atomic E-state index is 0.184. The highest BCUT2D eigenvalue weighted by Gasteiger charge is 2.14. The van der Waals surface area contributed by atoms with Gasteiger partial charge in [-0.2, -0.15) is 0 Å². The van der Waals surface area contributed by atoms with Gasteiger partial charge in [0, 0.05) is 19.2 Å². The summed E-state index contributed by atoms with van der Waals surface area (Å²) in [5.41, 5.74) is 6.05. The number of hydrogen-bond donors (Lipinski definition) is 3. The van der Waals surface area contributed by atoms with E-state index in [1.165, 1.54) is 11.8 Å². The number of rotatable bonds is 6. The number of aromatic nitrogens is 3. The van der Waals surface area contributed by atoms with Crippen molar-refractivity contribution in [3.8, 4) is 11.4 Å². The third-order valence-corrected chi connectivity index (χ3v) is 4.21. The lowest BCUT2D eigenvalue weighted by molar-refractivity contribution is -0.119. The summed E-state index contributed by atoms with van der Waals surface area (Å²) in [5, 5.41) is 12.1. The molecule has 2 rings (SSSR count). The van der Waals surface area contributed by atoms with Crippen LogP contribution in [0.5, 0.6) is 0 Å². The number of carbonyl (C=O) groups is 1. The van der Waals surface area contributed by atoms with Gasteiger partial charge in [0.1, 0.15) is 0 Å². The van der Waals surface area contributed by atoms with Crippen LogP contribution in [-0.2, 0) is 11.3 Å². The molecule has 0 unspecified atom stereocenters. The average Bonchev–Trinajstić information content (AvgIpc) is 3.01. The fourth-order valence-corrected chi connectivity index (χ4v) is 2.64. The molecule has 1 amide bonds. The standard InChI is InChI=1S/C15H18N6OS2/c1-3-9-21-13(11-7-5-4-6-8-11)18-20-15(21)24-10-12(22)17-19-14(23)16-2/h3-8H,1,9-10H2,2H3,(H,17,22)(H2,16,19,23). The summed E-state index contributed by atoms with van der Waals surface area (Å²) in [6, 6.07) is 9.76. The first-order chi connectivity index (χ1) is 11.7. The summed E-state index contributed by atoms with van der Waals surface area (Å²) in [6.07, 6.45) is 1.77. The maximum atomic E-state index is 11.8. The molecular formula is C15H18N6OS2. The highest BCUT2D eigenvalue weighted by Crippen LogP contribution is 2.23. The molecule has 0 saturated carbocycles. The molecule has 126 valence electrons. The molecule has 9 heteroatoms. The fourth-order valence-electron chi connectivity index (χ4n) is 1.85. The summed E-state index contributed by atoms with van der Waals surface area (Å²) < 4.78 is 1.92. The third kappa shape index (κ3) is 4.80. The minimum atomic E-state index is -0.216. The Kier molecular flexibility index (Phi) is 6.76. The van der Waals surface area contributed by atoms with E-state index in [4.69, 9.17) is 12.2 Å². The molecule has 1 heterocycles. The summed E-state index contributed by atoms with van der Waals surface area (Å²) >= 11 is 6.18. The topological polar surface area (TPSA) is 83.9 Å². The number of thiocarbonyl (C=S) groups is 1. The lowest BCUT2D eigenvalue weighted by Crippen LogP contribution is -2.46. The van der Waals surface area contributed by atoms with Crippen LogP contribution in [0, 0.1) is 0 Å². The molecule has 7 nitrogen and oxygen atoms in total. The Balaban J connectivity index is 2.05. The van der Waals surface area contributed by atoms with Crippen LogP contribution in [-0.4, -0.2) is 38.6 Å². The predicted octanol–water partition coefficient (Wildman–Crippen LogP) is 1.35. The zero-order valence-corrected chi connectivity index (χ0v) is 14.8. The second-order valence-electron chi connectivity index (χ2n) is 4.61. The molecule has 0 spiro atoms. The Morgan fingerprint density at radius 2 is 2.08 bits per heavy atom. The minimum Gasteiger partial charge on any atom is -0.364 e. The average molecular weight is 362 g/mol. The zero-order chi connectivity index (χ0) is 17.4. The van der Waals surface area contributed by atoms with Crippen LogP contribution in [0.1, 0.15) is 0 Å². The summed E-state index contributed by atoms with van der Waals surface area (Å²) in [6.45, 7) is 4.33. The van der Waals surface area contributed by atoms with Gasteiger partial charge in [-0.15, -0.1) is 16.8 Å². The first kappa shape index (κ1) is 18.0. The summed E-state index contributed by atoms with van der Waals surface area (Å²) in [7, 11) is 1.67. The van der Waals surface area contributed by atoms with Gasteiger partial charge < -0.3 is 5.32 Å². The molecule has 1 aromatic heterocycles. The van der Waals surface area contributed by atoms with Crippen molar-refractivity contribution >= 4 is 35.0 Å². The lowest BCUT2D eigenvalue weighted by Gasteiger charge is -2.09. The number of carbonyl (C=O) groups excluding carboxylic acids is 1. The van der Waals surface area contributed by atoms with Gasteiger partial charge in [0.15, 0.2) is 16.1 Å². The molecule has 3 N–H and O–H groups in total. The molecule has 0 aliphatic rings. The molecule has 0 bridgehead atoms. The largest absolute Gasteiger partial charge is 0.364 e. The molecule has 0 fully saturated rings. The first-order valence-electron chi connectivity index (χ1n) is 7.14. The van der Waals surface area contributed by atoms with Gasteiger partial charge in [0.05, 0.1) is 5.75 Å². The van der Waals surface area contributed by atoms with E-state index in [9.17, 15) is 4.79 Å². The first-order valence-corrected chi connectivity index (χ1v) is 8.54. The maximum Gasteiger partial charge on any atom is 0.248 e. The number of amides is 1. The van der Waals surface area contributed by atoms with Crippen molar-refractivity contribution in [2.75, 3.05) is 12.8 Å². The monoisotopic (exact) mass is 362 g/mol. The molecule has 0 radical (unpaired) electrons. The smallest absolute Gasteiger partial charge is 0.248 e. The number of nitrogens with zero attached hydrogens (tertiary/aromatic N) is 3. The zero-order valence-electron chi connectivity index (χ0n) is 13.2. The van der Waals surface area contributed by atoms with Gasteiger partial charge in [0.2, 0.25) is 5.91 Å². The SMILES string of the molecule is C=CCn1c(SCC(=O)NNC(=S)NC)nnc1-c1ccccc1. The quantitative estimate of drug-likeness (QED) is 0.310. The van der Waals surface area contributed by atoms with E-state index >= 15 is 0 Å². The number of nitrogens with one attached hydrogen (secondary N) is 3. The summed E-state index contributed by atoms with van der Waals surface area (Å²) in [5.74, 6) is 0.712. The molecule has 24 heavy (non-hydrogen) atoms. The van der Waals surface area contributed by atoms with Gasteiger partial charge in [-0.1, -0.05) is 48.2 Å². The van der Waals surface area contributed by atoms with Crippen LogP contribution in [0.2, 0.25) is 0 Å². The Labute approximate surface area is 149 Å². The Hall–Kier alpha value is -2.39. The van der Waals surface area contributed by atoms with Crippen LogP contribution in [0.4, 0.5) is 0 Å². The Morgan fingerprint density at radius 1 is 1.33 bits per heavy atom. The van der Waals surface area contributed by atoms with Crippen molar-refractivity contribution in [2.24, 2.45) is 0 Å². The van der Waals surface area contributed by atoms with Crippen LogP contribution in [0.25, 0.3) is 11.4 Å². The van der Waals surface area contributed by atoms with Gasteiger partial charge in [-0.25, -0.2) is 0 Å². The van der Waals surface area contributed by atoms with Crippen LogP contribution in [0.3, 0.4) is 0 Å². The van der Waals surface area contributed by atoms with Crippen molar-refractivity contribution in [2.45, 2.75) is 11.7 Å². The summed E-state index contributed by atoms with van der Waals surface area (Å²) in [4.78, 5) is 11.8. The molecule has 0 saturated heterocycles. The van der Waals surface area contributed by atoms with Gasteiger partial charge in [-0.3, -0.25) is 20.2 Å². The molecule has 0 atom stereocenters. The second kappa shape index (κ2) is 9.04. The van der Waals surface area contributed by atoms with Gasteiger partial charge in [-0.05, 0) is 12.2 Å². The van der Waals surface area contributed by atoms with E-state index in [1.54, 1.807) is 13.1 Å². The van der Waals surface area contributed by atoms with Crippen molar-refractivity contribution in [1.82, 2.24) is 30.9 Å². The number of allylic oxidation sites excluding steroid dienone is 1. The fraction of sp³-hybridized carbons (Fsp3) is 0.200. The normalized spacial score (nSPS) is 10.0. The van der Waals surface area contributed by atoms with Crippen LogP contribution >= 0.6 is 24.0 Å². The van der Waals surface area contributed by atoms with Crippen molar-refractivity contribution < 1.29 is 4.79 Å². The number of hydrazine groups is 1. The molecule has 0 aliphatic carbocycles. The van der Waals surface area contributed by atoms with Gasteiger partial charge in [0.25, 0.3) is 0 Å². The Bertz CT molecular complexity index is 716. The van der Waals surface area contributed by atoms with Gasteiger partial charge >= 0.3 is 0 Å². The second-order valence-corrected chi connectivity index (χ2v) is 5.96. The molecule has 1 aromatic carbocycles. The van der Waals surface area contributed by atoms with Crippen molar-refractivity contribution in [3.63, 3.8) is 0 Å². The predicted molar refractivity (Wildman–Crippen MR) is 99.3 cm³/mol. The van der Waals surface area contributed by atoms with Crippen LogP contribution < -0.4 is 16.2 Å². The number of hydrogen-bond acceptors (Lipinski definition) is 5. The van der Waals surface area contributed by atoms with Crippen molar-refractivity contribution in [3.05, 3.63) is 43.0 Å². The lowest BCUT2D eigenvalue weighted by atomic mass is 10.2. The molecule has 2 aromatic rings. The highest BCUT2D eigenvalue weighted by molar-refractivity contribution is 7.99. The van der Waals surface area contributed by atoms with E-state index < -0.39 is 0 Å². The Morgan fingerprint density at radius 3 is 2.75 bits per heavy atom. The van der Waals surface area contributed by atoms with Crippen molar-refractivity contribution in [1.29, 1.82) is 0 Å². The molecular weight excluding hydrogens is 344 g/mol. The van der Waals surface area contributed by atoms with E-state index in [2.05, 4.69) is 32.9 Å². The van der Waals surface area contributed by atoms with E-state index in [0.29, 0.717) is 16.8 Å². The number of benzene rings is 1. The van der Waals surface area contributed by atoms with E-state index in [0.717, 1.165) is 11.4 Å². The highest BCUT2D eigenvalue weighted by atomic mass is 32.2. The number of thioether (sulfide) groups is 1. The van der Waals surface area contributed by atoms with E-state index in [-0.39, 0.29) is 11.7 Å². The van der Waals surface area contributed by atoms with Crippen LogP contribution in [0.15, 0.2) is 48.1 Å².